The summed E-state index contributed by atoms with van der Waals surface area (Å²) in [5.41, 5.74) is 9.23. The van der Waals surface area contributed by atoms with Gasteiger partial charge in [-0.1, -0.05) is 11.2 Å². The number of nitrogens with zero attached hydrogens (tertiary/aromatic N) is 5. The lowest BCUT2D eigenvalue weighted by atomic mass is 10.1. The Hall–Kier alpha value is -2.31. The molecule has 1 saturated heterocycles. The summed E-state index contributed by atoms with van der Waals surface area (Å²) in [5.74, 6) is 0.717. The summed E-state index contributed by atoms with van der Waals surface area (Å²) in [6.45, 7) is 0.896. The van der Waals surface area contributed by atoms with E-state index in [1.54, 1.807) is 16.2 Å². The molecule has 3 rings (SSSR count). The molecule has 1 unspecified atom stereocenters. The molecule has 1 amide bonds. The van der Waals surface area contributed by atoms with E-state index in [9.17, 15) is 4.79 Å². The maximum atomic E-state index is 12.0. The molecule has 0 saturated carbocycles. The molecule has 1 fully saturated rings. The van der Waals surface area contributed by atoms with E-state index >= 15 is 0 Å². The zero-order valence-electron chi connectivity index (χ0n) is 10.6. The van der Waals surface area contributed by atoms with Gasteiger partial charge < -0.3 is 0 Å². The van der Waals surface area contributed by atoms with Crippen LogP contribution in [-0.4, -0.2) is 29.2 Å². The Morgan fingerprint density at radius 1 is 1.65 bits per heavy atom. The van der Waals surface area contributed by atoms with Crippen LogP contribution in [0.25, 0.3) is 21.0 Å². The Morgan fingerprint density at radius 2 is 2.55 bits per heavy atom. The monoisotopic (exact) mass is 288 g/mol. The molecule has 0 aliphatic carbocycles. The number of carbonyl (C=O) groups is 1. The summed E-state index contributed by atoms with van der Waals surface area (Å²) >= 11 is 1.61. The van der Waals surface area contributed by atoms with E-state index in [4.69, 9.17) is 5.53 Å². The van der Waals surface area contributed by atoms with Gasteiger partial charge >= 0.3 is 0 Å². The van der Waals surface area contributed by atoms with Crippen LogP contribution >= 0.6 is 11.3 Å². The van der Waals surface area contributed by atoms with Gasteiger partial charge in [0.15, 0.2) is 5.82 Å². The molecule has 0 bridgehead atoms. The lowest BCUT2D eigenvalue weighted by molar-refractivity contribution is -0.117. The summed E-state index contributed by atoms with van der Waals surface area (Å²) in [4.78, 5) is 17.4. The third kappa shape index (κ3) is 2.38. The number of amides is 1. The first-order valence-corrected chi connectivity index (χ1v) is 7.06. The van der Waals surface area contributed by atoms with Crippen LogP contribution in [0, 0.1) is 5.92 Å². The normalized spacial score (nSPS) is 18.3. The third-order valence-corrected chi connectivity index (χ3v) is 4.14. The maximum Gasteiger partial charge on any atom is 0.228 e. The van der Waals surface area contributed by atoms with E-state index in [0.717, 1.165) is 10.6 Å². The molecule has 3 heterocycles. The molecule has 7 nitrogen and oxygen atoms in total. The van der Waals surface area contributed by atoms with Gasteiger partial charge in [0.05, 0.1) is 10.6 Å². The third-order valence-electron chi connectivity index (χ3n) is 3.24. The summed E-state index contributed by atoms with van der Waals surface area (Å²) in [5, 5.41) is 12.7. The predicted octanol–water partition coefficient (Wildman–Crippen LogP) is 2.80. The van der Waals surface area contributed by atoms with Gasteiger partial charge in [-0.2, -0.15) is 5.10 Å². The van der Waals surface area contributed by atoms with E-state index in [0.29, 0.717) is 25.3 Å². The zero-order valence-corrected chi connectivity index (χ0v) is 11.4. The smallest absolute Gasteiger partial charge is 0.228 e. The van der Waals surface area contributed by atoms with Gasteiger partial charge in [-0.05, 0) is 22.9 Å². The Morgan fingerprint density at radius 3 is 3.30 bits per heavy atom. The number of rotatable bonds is 4. The Bertz CT molecular complexity index is 657. The standard InChI is InChI=1S/C12H12N6OS/c13-17-14-6-8-4-12(19)18(7-8)11-5-9(15-16-11)10-2-1-3-20-10/h1-3,5,8H,4,6-7H2,(H,15,16). The van der Waals surface area contributed by atoms with Crippen molar-refractivity contribution in [2.24, 2.45) is 11.0 Å². The lowest BCUT2D eigenvalue weighted by Crippen LogP contribution is -2.25. The van der Waals surface area contributed by atoms with E-state index < -0.39 is 0 Å². The number of hydrogen-bond acceptors (Lipinski definition) is 4. The molecule has 1 atom stereocenters. The second-order valence-corrected chi connectivity index (χ2v) is 5.55. The highest BCUT2D eigenvalue weighted by Crippen LogP contribution is 2.29. The lowest BCUT2D eigenvalue weighted by Gasteiger charge is -2.12. The number of H-pyrrole nitrogens is 1. The number of anilines is 1. The Labute approximate surface area is 118 Å². The molecule has 0 spiro atoms. The largest absolute Gasteiger partial charge is 0.295 e. The van der Waals surface area contributed by atoms with Crippen molar-refractivity contribution < 1.29 is 4.79 Å². The van der Waals surface area contributed by atoms with Gasteiger partial charge in [-0.25, -0.2) is 0 Å². The molecular weight excluding hydrogens is 276 g/mol. The molecule has 0 radical (unpaired) electrons. The van der Waals surface area contributed by atoms with E-state index in [2.05, 4.69) is 20.2 Å². The minimum absolute atomic E-state index is 0.0207. The summed E-state index contributed by atoms with van der Waals surface area (Å²) < 4.78 is 0. The fourth-order valence-electron chi connectivity index (χ4n) is 2.28. The molecule has 1 aliphatic rings. The maximum absolute atomic E-state index is 12.0. The van der Waals surface area contributed by atoms with Gasteiger partial charge in [0.1, 0.15) is 0 Å². The number of azide groups is 1. The molecule has 8 heteroatoms. The first kappa shape index (κ1) is 12.7. The summed E-state index contributed by atoms with van der Waals surface area (Å²) in [6, 6.07) is 5.84. The fraction of sp³-hybridized carbons (Fsp3) is 0.333. The molecule has 1 aliphatic heterocycles. The van der Waals surface area contributed by atoms with Crippen LogP contribution in [-0.2, 0) is 4.79 Å². The van der Waals surface area contributed by atoms with Crippen molar-refractivity contribution in [1.82, 2.24) is 10.2 Å². The topological polar surface area (TPSA) is 97.8 Å². The molecule has 1 N–H and O–H groups in total. The Balaban J connectivity index is 1.76. The van der Waals surface area contributed by atoms with Gasteiger partial charge in [0, 0.05) is 30.5 Å². The van der Waals surface area contributed by atoms with Crippen LogP contribution in [0.4, 0.5) is 5.82 Å². The van der Waals surface area contributed by atoms with Crippen LogP contribution < -0.4 is 4.90 Å². The number of aromatic amines is 1. The quantitative estimate of drug-likeness (QED) is 0.531. The molecule has 0 aromatic carbocycles. The van der Waals surface area contributed by atoms with Gasteiger partial charge in [0.2, 0.25) is 5.91 Å². The fourth-order valence-corrected chi connectivity index (χ4v) is 2.98. The SMILES string of the molecule is [N-]=[N+]=NCC1CC(=O)N(c2cc(-c3cccs3)[nH]n2)C1. The number of nitrogens with one attached hydrogen (secondary N) is 1. The van der Waals surface area contributed by atoms with Crippen molar-refractivity contribution in [2.75, 3.05) is 18.0 Å². The number of thiophene rings is 1. The first-order chi connectivity index (χ1) is 9.78. The van der Waals surface area contributed by atoms with Crippen LogP contribution in [0.5, 0.6) is 0 Å². The number of aromatic nitrogens is 2. The van der Waals surface area contributed by atoms with Crippen LogP contribution in [0.1, 0.15) is 6.42 Å². The second kappa shape index (κ2) is 5.36. The highest BCUT2D eigenvalue weighted by molar-refractivity contribution is 7.13. The van der Waals surface area contributed by atoms with Crippen LogP contribution in [0.2, 0.25) is 0 Å². The highest BCUT2D eigenvalue weighted by atomic mass is 32.1. The second-order valence-electron chi connectivity index (χ2n) is 4.61. The zero-order chi connectivity index (χ0) is 13.9. The van der Waals surface area contributed by atoms with Crippen molar-refractivity contribution >= 4 is 23.1 Å². The summed E-state index contributed by atoms with van der Waals surface area (Å²) in [6.07, 6.45) is 0.403. The van der Waals surface area contributed by atoms with Gasteiger partial charge in [-0.15, -0.1) is 11.3 Å². The predicted molar refractivity (Wildman–Crippen MR) is 76.4 cm³/mol. The van der Waals surface area contributed by atoms with Crippen molar-refractivity contribution in [3.05, 3.63) is 34.0 Å². The minimum Gasteiger partial charge on any atom is -0.295 e. The Kier molecular flexibility index (Phi) is 3.41. The molecule has 102 valence electrons. The van der Waals surface area contributed by atoms with Gasteiger partial charge in [0.25, 0.3) is 0 Å². The van der Waals surface area contributed by atoms with Gasteiger partial charge in [-0.3, -0.25) is 14.8 Å². The molecule has 2 aromatic heterocycles. The highest BCUT2D eigenvalue weighted by Gasteiger charge is 2.31. The van der Waals surface area contributed by atoms with Crippen LogP contribution in [0.15, 0.2) is 28.7 Å². The minimum atomic E-state index is 0.0207. The van der Waals surface area contributed by atoms with Crippen molar-refractivity contribution in [1.29, 1.82) is 0 Å². The average Bonchev–Trinajstić information content (AvgIpc) is 3.16. The van der Waals surface area contributed by atoms with Crippen molar-refractivity contribution in [3.8, 4) is 10.6 Å². The van der Waals surface area contributed by atoms with Crippen molar-refractivity contribution in [3.63, 3.8) is 0 Å². The number of hydrogen-bond donors (Lipinski definition) is 1. The molecule has 20 heavy (non-hydrogen) atoms. The number of carbonyl (C=O) groups excluding carboxylic acids is 1. The van der Waals surface area contributed by atoms with E-state index in [1.807, 2.05) is 23.6 Å². The summed E-state index contributed by atoms with van der Waals surface area (Å²) in [7, 11) is 0. The van der Waals surface area contributed by atoms with Crippen LogP contribution in [0.3, 0.4) is 0 Å². The van der Waals surface area contributed by atoms with Crippen molar-refractivity contribution in [2.45, 2.75) is 6.42 Å². The van der Waals surface area contributed by atoms with E-state index in [-0.39, 0.29) is 11.8 Å². The molecule has 2 aromatic rings. The molecular formula is C12H12N6OS. The van der Waals surface area contributed by atoms with E-state index in [1.165, 1.54) is 0 Å². The first-order valence-electron chi connectivity index (χ1n) is 6.18. The average molecular weight is 288 g/mol.